The Hall–Kier alpha value is -2.69. The molecule has 1 aliphatic rings. The number of benzene rings is 1. The van der Waals surface area contributed by atoms with Crippen molar-refractivity contribution in [2.45, 2.75) is 25.9 Å². The maximum atomic E-state index is 12.5. The third kappa shape index (κ3) is 2.83. The van der Waals surface area contributed by atoms with Crippen molar-refractivity contribution in [1.82, 2.24) is 4.98 Å². The molecule has 2 heterocycles. The zero-order valence-electron chi connectivity index (χ0n) is 12.5. The van der Waals surface area contributed by atoms with Crippen LogP contribution in [-0.2, 0) is 9.63 Å². The van der Waals surface area contributed by atoms with E-state index in [4.69, 9.17) is 4.84 Å². The van der Waals surface area contributed by atoms with E-state index in [1.807, 2.05) is 49.4 Å². The topological polar surface area (TPSA) is 63.6 Å². The molecule has 0 aliphatic carbocycles. The number of pyridine rings is 1. The van der Waals surface area contributed by atoms with Gasteiger partial charge in [0.15, 0.2) is 0 Å². The Kier molecular flexibility index (Phi) is 3.63. The molecule has 0 radical (unpaired) electrons. The van der Waals surface area contributed by atoms with Crippen molar-refractivity contribution < 1.29 is 9.63 Å². The Morgan fingerprint density at radius 2 is 1.95 bits per heavy atom. The van der Waals surface area contributed by atoms with Gasteiger partial charge in [-0.3, -0.25) is 4.79 Å². The highest BCUT2D eigenvalue weighted by Crippen LogP contribution is 2.27. The van der Waals surface area contributed by atoms with Gasteiger partial charge >= 0.3 is 0 Å². The molecule has 0 unspecified atom stereocenters. The summed E-state index contributed by atoms with van der Waals surface area (Å²) in [7, 11) is 0. The first-order valence-electron chi connectivity index (χ1n) is 7.12. The SMILES string of the molecule is Cc1cccc(NC(=O)[C@@]2(C)CC(c3ccccc3)=NO2)n1. The lowest BCUT2D eigenvalue weighted by molar-refractivity contribution is -0.135. The monoisotopic (exact) mass is 295 g/mol. The number of hydrogen-bond donors (Lipinski definition) is 1. The number of nitrogens with zero attached hydrogens (tertiary/aromatic N) is 2. The van der Waals surface area contributed by atoms with Gasteiger partial charge in [0, 0.05) is 12.1 Å². The Labute approximate surface area is 129 Å². The lowest BCUT2D eigenvalue weighted by Crippen LogP contribution is -2.40. The quantitative estimate of drug-likeness (QED) is 0.947. The van der Waals surface area contributed by atoms with Crippen LogP contribution in [0.25, 0.3) is 0 Å². The maximum Gasteiger partial charge on any atom is 0.272 e. The van der Waals surface area contributed by atoms with Crippen LogP contribution in [0.4, 0.5) is 5.82 Å². The van der Waals surface area contributed by atoms with E-state index in [2.05, 4.69) is 15.5 Å². The molecule has 3 rings (SSSR count). The van der Waals surface area contributed by atoms with Crippen molar-refractivity contribution in [2.24, 2.45) is 5.16 Å². The molecule has 112 valence electrons. The number of aromatic nitrogens is 1. The predicted octanol–water partition coefficient (Wildman–Crippen LogP) is 2.91. The van der Waals surface area contributed by atoms with Crippen molar-refractivity contribution in [2.75, 3.05) is 5.32 Å². The number of carbonyl (C=O) groups is 1. The highest BCUT2D eigenvalue weighted by Gasteiger charge is 2.42. The summed E-state index contributed by atoms with van der Waals surface area (Å²) in [6.07, 6.45) is 0.425. The van der Waals surface area contributed by atoms with E-state index in [1.165, 1.54) is 0 Å². The molecule has 0 bridgehead atoms. The van der Waals surface area contributed by atoms with Crippen LogP contribution in [0.2, 0.25) is 0 Å². The molecule has 22 heavy (non-hydrogen) atoms. The molecule has 0 saturated heterocycles. The predicted molar refractivity (Wildman–Crippen MR) is 84.7 cm³/mol. The number of amides is 1. The number of oxime groups is 1. The Bertz CT molecular complexity index is 728. The van der Waals surface area contributed by atoms with Crippen LogP contribution in [0.5, 0.6) is 0 Å². The summed E-state index contributed by atoms with van der Waals surface area (Å²) in [6.45, 7) is 3.61. The molecule has 5 heteroatoms. The van der Waals surface area contributed by atoms with E-state index in [9.17, 15) is 4.79 Å². The first kappa shape index (κ1) is 14.3. The molecule has 5 nitrogen and oxygen atoms in total. The molecule has 1 aliphatic heterocycles. The Balaban J connectivity index is 1.72. The second-order valence-electron chi connectivity index (χ2n) is 5.52. The van der Waals surface area contributed by atoms with Crippen molar-refractivity contribution in [3.8, 4) is 0 Å². The maximum absolute atomic E-state index is 12.5. The van der Waals surface area contributed by atoms with Gasteiger partial charge in [-0.15, -0.1) is 0 Å². The Morgan fingerprint density at radius 1 is 1.18 bits per heavy atom. The van der Waals surface area contributed by atoms with Crippen LogP contribution in [0.15, 0.2) is 53.7 Å². The molecule has 1 aromatic heterocycles. The van der Waals surface area contributed by atoms with E-state index in [0.717, 1.165) is 17.0 Å². The molecule has 1 atom stereocenters. The number of hydrogen-bond acceptors (Lipinski definition) is 4. The van der Waals surface area contributed by atoms with Crippen molar-refractivity contribution in [3.63, 3.8) is 0 Å². The van der Waals surface area contributed by atoms with Gasteiger partial charge in [0.25, 0.3) is 5.91 Å². The Morgan fingerprint density at radius 3 is 2.68 bits per heavy atom. The summed E-state index contributed by atoms with van der Waals surface area (Å²) in [6, 6.07) is 15.2. The molecule has 1 amide bonds. The molecular weight excluding hydrogens is 278 g/mol. The fourth-order valence-electron chi connectivity index (χ4n) is 2.31. The number of carbonyl (C=O) groups excluding carboxylic acids is 1. The average molecular weight is 295 g/mol. The van der Waals surface area contributed by atoms with Crippen LogP contribution in [-0.4, -0.2) is 22.2 Å². The van der Waals surface area contributed by atoms with Crippen LogP contribution in [0.3, 0.4) is 0 Å². The van der Waals surface area contributed by atoms with Gasteiger partial charge in [0.05, 0.1) is 5.71 Å². The minimum Gasteiger partial charge on any atom is -0.379 e. The normalized spacial score (nSPS) is 20.2. The summed E-state index contributed by atoms with van der Waals surface area (Å²) >= 11 is 0. The van der Waals surface area contributed by atoms with E-state index < -0.39 is 5.60 Å². The standard InChI is InChI=1S/C17H17N3O2/c1-12-7-6-10-15(18-12)19-16(21)17(2)11-14(20-22-17)13-8-4-3-5-9-13/h3-10H,11H2,1-2H3,(H,18,19,21)/t17-/m1/s1. The van der Waals surface area contributed by atoms with E-state index >= 15 is 0 Å². The van der Waals surface area contributed by atoms with Crippen LogP contribution in [0, 0.1) is 6.92 Å². The minimum atomic E-state index is -1.02. The fraction of sp³-hybridized carbons (Fsp3) is 0.235. The smallest absolute Gasteiger partial charge is 0.272 e. The summed E-state index contributed by atoms with van der Waals surface area (Å²) in [5.41, 5.74) is 1.57. The third-order valence-electron chi connectivity index (χ3n) is 3.58. The second-order valence-corrected chi connectivity index (χ2v) is 5.52. The van der Waals surface area contributed by atoms with Gasteiger partial charge in [0.2, 0.25) is 5.60 Å². The van der Waals surface area contributed by atoms with E-state index in [-0.39, 0.29) is 5.91 Å². The number of nitrogens with one attached hydrogen (secondary N) is 1. The summed E-state index contributed by atoms with van der Waals surface area (Å²) in [4.78, 5) is 22.2. The van der Waals surface area contributed by atoms with E-state index in [1.54, 1.807) is 13.0 Å². The molecule has 0 spiro atoms. The van der Waals surface area contributed by atoms with Gasteiger partial charge in [-0.05, 0) is 31.5 Å². The summed E-state index contributed by atoms with van der Waals surface area (Å²) < 4.78 is 0. The van der Waals surface area contributed by atoms with E-state index in [0.29, 0.717) is 12.2 Å². The molecule has 0 saturated carbocycles. The third-order valence-corrected chi connectivity index (χ3v) is 3.58. The van der Waals surface area contributed by atoms with Crippen LogP contribution in [0.1, 0.15) is 24.6 Å². The lowest BCUT2D eigenvalue weighted by Gasteiger charge is -2.20. The molecule has 1 N–H and O–H groups in total. The van der Waals surface area contributed by atoms with Crippen molar-refractivity contribution in [3.05, 3.63) is 59.8 Å². The number of rotatable bonds is 3. The van der Waals surface area contributed by atoms with Gasteiger partial charge in [-0.1, -0.05) is 41.6 Å². The lowest BCUT2D eigenvalue weighted by atomic mass is 9.95. The zero-order valence-corrected chi connectivity index (χ0v) is 12.5. The summed E-state index contributed by atoms with van der Waals surface area (Å²) in [5, 5.41) is 6.86. The first-order chi connectivity index (χ1) is 10.6. The molecule has 0 fully saturated rings. The highest BCUT2D eigenvalue weighted by atomic mass is 16.7. The van der Waals surface area contributed by atoms with Gasteiger partial charge in [-0.2, -0.15) is 0 Å². The first-order valence-corrected chi connectivity index (χ1v) is 7.12. The summed E-state index contributed by atoms with van der Waals surface area (Å²) in [5.74, 6) is 0.267. The van der Waals surface area contributed by atoms with Crippen molar-refractivity contribution >= 4 is 17.4 Å². The second kappa shape index (κ2) is 5.60. The molecular formula is C17H17N3O2. The fourth-order valence-corrected chi connectivity index (χ4v) is 2.31. The number of aryl methyl sites for hydroxylation is 1. The minimum absolute atomic E-state index is 0.250. The number of anilines is 1. The van der Waals surface area contributed by atoms with Gasteiger partial charge in [0.1, 0.15) is 5.82 Å². The van der Waals surface area contributed by atoms with Gasteiger partial charge in [-0.25, -0.2) is 4.98 Å². The van der Waals surface area contributed by atoms with Crippen LogP contribution >= 0.6 is 0 Å². The van der Waals surface area contributed by atoms with Crippen molar-refractivity contribution in [1.29, 1.82) is 0 Å². The molecule has 1 aromatic carbocycles. The van der Waals surface area contributed by atoms with Gasteiger partial charge < -0.3 is 10.2 Å². The zero-order chi connectivity index (χ0) is 15.6. The largest absolute Gasteiger partial charge is 0.379 e. The molecule has 2 aromatic rings. The highest BCUT2D eigenvalue weighted by molar-refractivity contribution is 6.07. The average Bonchev–Trinajstić information content (AvgIpc) is 2.92. The van der Waals surface area contributed by atoms with Crippen LogP contribution < -0.4 is 5.32 Å².